The lowest BCUT2D eigenvalue weighted by molar-refractivity contribution is 0.417. The normalized spacial score (nSPS) is 17.4. The molecular formula is C12H20N2O. The largest absolute Gasteiger partial charge is 0.444 e. The molecule has 1 aliphatic carbocycles. The molecule has 1 N–H and O–H groups in total. The Hall–Kier alpha value is -0.830. The van der Waals surface area contributed by atoms with Gasteiger partial charge in [0.05, 0.1) is 12.7 Å². The second-order valence-electron chi connectivity index (χ2n) is 4.36. The zero-order valence-electron chi connectivity index (χ0n) is 9.46. The molecule has 15 heavy (non-hydrogen) atoms. The Labute approximate surface area is 91.3 Å². The van der Waals surface area contributed by atoms with Crippen molar-refractivity contribution in [3.05, 3.63) is 17.8 Å². The predicted molar refractivity (Wildman–Crippen MR) is 59.5 cm³/mol. The second-order valence-corrected chi connectivity index (χ2v) is 4.36. The molecule has 0 bridgehead atoms. The summed E-state index contributed by atoms with van der Waals surface area (Å²) in [6.45, 7) is 3.97. The molecule has 0 aromatic carbocycles. The highest BCUT2D eigenvalue weighted by Crippen LogP contribution is 2.23. The van der Waals surface area contributed by atoms with Gasteiger partial charge >= 0.3 is 0 Å². The number of rotatable bonds is 5. The quantitative estimate of drug-likeness (QED) is 0.808. The highest BCUT2D eigenvalue weighted by atomic mass is 16.4. The maximum Gasteiger partial charge on any atom is 0.208 e. The first-order chi connectivity index (χ1) is 7.38. The summed E-state index contributed by atoms with van der Waals surface area (Å²) < 4.78 is 5.52. The Morgan fingerprint density at radius 1 is 1.47 bits per heavy atom. The third kappa shape index (κ3) is 3.06. The maximum atomic E-state index is 5.52. The first-order valence-corrected chi connectivity index (χ1v) is 6.02. The fourth-order valence-electron chi connectivity index (χ4n) is 2.19. The Balaban J connectivity index is 1.68. The molecule has 0 spiro atoms. The molecule has 2 rings (SSSR count). The van der Waals surface area contributed by atoms with E-state index in [-0.39, 0.29) is 0 Å². The molecule has 3 nitrogen and oxygen atoms in total. The molecule has 0 radical (unpaired) electrons. The number of aryl methyl sites for hydroxylation is 1. The summed E-state index contributed by atoms with van der Waals surface area (Å²) in [6, 6.07) is 0. The number of nitrogens with one attached hydrogen (secondary N) is 1. The molecule has 0 unspecified atom stereocenters. The van der Waals surface area contributed by atoms with E-state index in [0.717, 1.165) is 37.1 Å². The van der Waals surface area contributed by atoms with Gasteiger partial charge in [0.15, 0.2) is 0 Å². The van der Waals surface area contributed by atoms with E-state index in [9.17, 15) is 0 Å². The van der Waals surface area contributed by atoms with Crippen LogP contribution in [-0.4, -0.2) is 11.5 Å². The van der Waals surface area contributed by atoms with Gasteiger partial charge in [-0.1, -0.05) is 19.8 Å². The van der Waals surface area contributed by atoms with E-state index in [4.69, 9.17) is 4.42 Å². The van der Waals surface area contributed by atoms with Crippen LogP contribution in [0.2, 0.25) is 0 Å². The fraction of sp³-hybridized carbons (Fsp3) is 0.750. The highest BCUT2D eigenvalue weighted by molar-refractivity contribution is 4.93. The molecule has 0 aliphatic heterocycles. The standard InChI is InChI=1S/C12H20N2O/c1-2-11-8-14-12(15-11)9-13-7-10-5-3-4-6-10/h8,10,13H,2-7,9H2,1H3. The molecule has 1 fully saturated rings. The lowest BCUT2D eigenvalue weighted by Crippen LogP contribution is -2.20. The van der Waals surface area contributed by atoms with Gasteiger partial charge in [-0.25, -0.2) is 4.98 Å². The van der Waals surface area contributed by atoms with Gasteiger partial charge in [-0.3, -0.25) is 0 Å². The van der Waals surface area contributed by atoms with Crippen LogP contribution < -0.4 is 5.32 Å². The van der Waals surface area contributed by atoms with Crippen molar-refractivity contribution in [2.45, 2.75) is 45.6 Å². The number of hydrogen-bond acceptors (Lipinski definition) is 3. The fourth-order valence-corrected chi connectivity index (χ4v) is 2.19. The molecule has 0 atom stereocenters. The summed E-state index contributed by atoms with van der Waals surface area (Å²) in [6.07, 6.45) is 8.34. The Kier molecular flexibility index (Phi) is 3.78. The van der Waals surface area contributed by atoms with Crippen LogP contribution >= 0.6 is 0 Å². The lowest BCUT2D eigenvalue weighted by Gasteiger charge is -2.08. The summed E-state index contributed by atoms with van der Waals surface area (Å²) in [7, 11) is 0. The lowest BCUT2D eigenvalue weighted by atomic mass is 10.1. The summed E-state index contributed by atoms with van der Waals surface area (Å²) in [5.74, 6) is 2.68. The van der Waals surface area contributed by atoms with Crippen molar-refractivity contribution in [1.82, 2.24) is 10.3 Å². The maximum absolute atomic E-state index is 5.52. The van der Waals surface area contributed by atoms with E-state index in [2.05, 4.69) is 17.2 Å². The summed E-state index contributed by atoms with van der Waals surface area (Å²) in [5.41, 5.74) is 0. The minimum Gasteiger partial charge on any atom is -0.444 e. The second kappa shape index (κ2) is 5.31. The first kappa shape index (κ1) is 10.7. The van der Waals surface area contributed by atoms with Crippen molar-refractivity contribution in [2.75, 3.05) is 6.54 Å². The van der Waals surface area contributed by atoms with Crippen LogP contribution in [0.25, 0.3) is 0 Å². The monoisotopic (exact) mass is 208 g/mol. The van der Waals surface area contributed by atoms with E-state index < -0.39 is 0 Å². The van der Waals surface area contributed by atoms with Crippen molar-refractivity contribution >= 4 is 0 Å². The average molecular weight is 208 g/mol. The minimum absolute atomic E-state index is 0.774. The van der Waals surface area contributed by atoms with Gasteiger partial charge in [-0.15, -0.1) is 0 Å². The van der Waals surface area contributed by atoms with Gasteiger partial charge in [0.2, 0.25) is 5.89 Å². The molecule has 1 aromatic heterocycles. The van der Waals surface area contributed by atoms with Gasteiger partial charge in [-0.2, -0.15) is 0 Å². The van der Waals surface area contributed by atoms with E-state index in [0.29, 0.717) is 0 Å². The zero-order chi connectivity index (χ0) is 10.5. The number of oxazole rings is 1. The molecule has 3 heteroatoms. The van der Waals surface area contributed by atoms with E-state index in [1.165, 1.54) is 25.7 Å². The molecule has 1 aliphatic rings. The van der Waals surface area contributed by atoms with Crippen molar-refractivity contribution in [3.63, 3.8) is 0 Å². The van der Waals surface area contributed by atoms with Gasteiger partial charge in [0.25, 0.3) is 0 Å². The van der Waals surface area contributed by atoms with Crippen LogP contribution in [0.5, 0.6) is 0 Å². The molecule has 1 heterocycles. The topological polar surface area (TPSA) is 38.1 Å². The van der Waals surface area contributed by atoms with E-state index in [1.54, 1.807) is 0 Å². The van der Waals surface area contributed by atoms with E-state index in [1.807, 2.05) is 6.20 Å². The van der Waals surface area contributed by atoms with Crippen LogP contribution in [0.1, 0.15) is 44.3 Å². The van der Waals surface area contributed by atoms with Gasteiger partial charge in [0.1, 0.15) is 5.76 Å². The zero-order valence-corrected chi connectivity index (χ0v) is 9.46. The molecule has 1 aromatic rings. The molecule has 1 saturated carbocycles. The molecule has 0 amide bonds. The molecule has 84 valence electrons. The number of aromatic nitrogens is 1. The Bertz CT molecular complexity index is 290. The Morgan fingerprint density at radius 3 is 2.93 bits per heavy atom. The smallest absolute Gasteiger partial charge is 0.208 e. The number of hydrogen-bond donors (Lipinski definition) is 1. The van der Waals surface area contributed by atoms with Crippen LogP contribution in [0, 0.1) is 5.92 Å². The van der Waals surface area contributed by atoms with Gasteiger partial charge in [0, 0.05) is 6.42 Å². The molecule has 0 saturated heterocycles. The van der Waals surface area contributed by atoms with Crippen molar-refractivity contribution in [1.29, 1.82) is 0 Å². The van der Waals surface area contributed by atoms with Crippen LogP contribution in [0.4, 0.5) is 0 Å². The predicted octanol–water partition coefficient (Wildman–Crippen LogP) is 2.52. The van der Waals surface area contributed by atoms with Gasteiger partial charge in [-0.05, 0) is 25.3 Å². The minimum atomic E-state index is 0.774. The third-order valence-electron chi connectivity index (χ3n) is 3.13. The number of nitrogens with zero attached hydrogens (tertiary/aromatic N) is 1. The van der Waals surface area contributed by atoms with Crippen LogP contribution in [-0.2, 0) is 13.0 Å². The van der Waals surface area contributed by atoms with Crippen molar-refractivity contribution in [2.24, 2.45) is 5.92 Å². The molecular weight excluding hydrogens is 188 g/mol. The van der Waals surface area contributed by atoms with Gasteiger partial charge < -0.3 is 9.73 Å². The highest BCUT2D eigenvalue weighted by Gasteiger charge is 2.14. The van der Waals surface area contributed by atoms with Crippen LogP contribution in [0.3, 0.4) is 0 Å². The van der Waals surface area contributed by atoms with Crippen LogP contribution in [0.15, 0.2) is 10.6 Å². The Morgan fingerprint density at radius 2 is 2.27 bits per heavy atom. The average Bonchev–Trinajstić information content (AvgIpc) is 2.88. The van der Waals surface area contributed by atoms with Crippen molar-refractivity contribution in [3.8, 4) is 0 Å². The summed E-state index contributed by atoms with van der Waals surface area (Å²) in [4.78, 5) is 4.22. The summed E-state index contributed by atoms with van der Waals surface area (Å²) in [5, 5.41) is 3.42. The SMILES string of the molecule is CCc1cnc(CNCC2CCCC2)o1. The third-order valence-corrected chi connectivity index (χ3v) is 3.13. The van der Waals surface area contributed by atoms with Crippen molar-refractivity contribution < 1.29 is 4.42 Å². The first-order valence-electron chi connectivity index (χ1n) is 6.02. The van der Waals surface area contributed by atoms with E-state index >= 15 is 0 Å². The summed E-state index contributed by atoms with van der Waals surface area (Å²) >= 11 is 0.